The molecule has 0 heterocycles. The van der Waals surface area contributed by atoms with Gasteiger partial charge in [-0.1, -0.05) is 51.8 Å². The highest BCUT2D eigenvalue weighted by molar-refractivity contribution is 9.10. The molecule has 0 aromatic heterocycles. The van der Waals surface area contributed by atoms with Gasteiger partial charge in [-0.25, -0.2) is 0 Å². The summed E-state index contributed by atoms with van der Waals surface area (Å²) in [6.45, 7) is 2.49. The fraction of sp³-hybridized carbons (Fsp3) is 0.158. The molecule has 2 rings (SSSR count). The standard InChI is InChI=1S/C19H17BrClN3O/c1-13-6-7-16(10-18(13)21)24-19(25)15(11-22)12-23-9-8-14-4-2-3-5-17(14)20/h2-7,10,12,23H,8-9H2,1H3,(H,24,25)/b15-12-. The smallest absolute Gasteiger partial charge is 0.267 e. The van der Waals surface area contributed by atoms with Crippen molar-refractivity contribution in [2.45, 2.75) is 13.3 Å². The lowest BCUT2D eigenvalue weighted by molar-refractivity contribution is -0.112. The number of benzene rings is 2. The average molecular weight is 419 g/mol. The zero-order valence-electron chi connectivity index (χ0n) is 13.6. The maximum Gasteiger partial charge on any atom is 0.267 e. The Labute approximate surface area is 160 Å². The second-order valence-electron chi connectivity index (χ2n) is 5.38. The van der Waals surface area contributed by atoms with Crippen LogP contribution in [0.2, 0.25) is 5.02 Å². The van der Waals surface area contributed by atoms with Crippen molar-refractivity contribution in [3.8, 4) is 6.07 Å². The maximum absolute atomic E-state index is 12.2. The van der Waals surface area contributed by atoms with Gasteiger partial charge in [-0.2, -0.15) is 5.26 Å². The van der Waals surface area contributed by atoms with Crippen molar-refractivity contribution in [1.29, 1.82) is 5.26 Å². The van der Waals surface area contributed by atoms with E-state index in [9.17, 15) is 10.1 Å². The molecule has 0 saturated heterocycles. The predicted octanol–water partition coefficient (Wildman–Crippen LogP) is 4.59. The van der Waals surface area contributed by atoms with Gasteiger partial charge in [-0.15, -0.1) is 0 Å². The van der Waals surface area contributed by atoms with Crippen molar-refractivity contribution in [2.75, 3.05) is 11.9 Å². The number of nitrogens with zero attached hydrogens (tertiary/aromatic N) is 1. The molecule has 0 bridgehead atoms. The molecule has 2 N–H and O–H groups in total. The van der Waals surface area contributed by atoms with Crippen LogP contribution < -0.4 is 10.6 Å². The van der Waals surface area contributed by atoms with Gasteiger partial charge in [-0.3, -0.25) is 4.79 Å². The van der Waals surface area contributed by atoms with Gasteiger partial charge in [-0.05, 0) is 42.7 Å². The Morgan fingerprint density at radius 3 is 2.76 bits per heavy atom. The summed E-state index contributed by atoms with van der Waals surface area (Å²) in [5.41, 5.74) is 2.63. The summed E-state index contributed by atoms with van der Waals surface area (Å²) in [5, 5.41) is 15.4. The van der Waals surface area contributed by atoms with Crippen molar-refractivity contribution in [3.05, 3.63) is 74.9 Å². The van der Waals surface area contributed by atoms with E-state index >= 15 is 0 Å². The van der Waals surface area contributed by atoms with E-state index in [0.717, 1.165) is 22.0 Å². The minimum atomic E-state index is -0.476. The first-order valence-corrected chi connectivity index (χ1v) is 8.83. The van der Waals surface area contributed by atoms with E-state index in [4.69, 9.17) is 11.6 Å². The summed E-state index contributed by atoms with van der Waals surface area (Å²) in [6, 6.07) is 15.0. The van der Waals surface area contributed by atoms with Crippen LogP contribution in [-0.2, 0) is 11.2 Å². The van der Waals surface area contributed by atoms with E-state index in [1.807, 2.05) is 43.3 Å². The number of anilines is 1. The second kappa shape index (κ2) is 9.26. The summed E-state index contributed by atoms with van der Waals surface area (Å²) in [6.07, 6.45) is 2.20. The zero-order valence-corrected chi connectivity index (χ0v) is 16.0. The second-order valence-corrected chi connectivity index (χ2v) is 6.64. The van der Waals surface area contributed by atoms with Crippen molar-refractivity contribution in [3.63, 3.8) is 0 Å². The van der Waals surface area contributed by atoms with E-state index in [0.29, 0.717) is 17.3 Å². The molecule has 0 aliphatic rings. The summed E-state index contributed by atoms with van der Waals surface area (Å²) >= 11 is 9.53. The van der Waals surface area contributed by atoms with Crippen LogP contribution in [0.25, 0.3) is 0 Å². The predicted molar refractivity (Wildman–Crippen MR) is 104 cm³/mol. The molecule has 0 fully saturated rings. The molecule has 128 valence electrons. The summed E-state index contributed by atoms with van der Waals surface area (Å²) in [5.74, 6) is -0.476. The van der Waals surface area contributed by atoms with Gasteiger partial charge in [0.25, 0.3) is 5.91 Å². The molecule has 0 saturated carbocycles. The number of halogens is 2. The Morgan fingerprint density at radius 1 is 1.32 bits per heavy atom. The third-order valence-corrected chi connectivity index (χ3v) is 4.72. The first-order chi connectivity index (χ1) is 12.0. The Morgan fingerprint density at radius 2 is 2.08 bits per heavy atom. The van der Waals surface area contributed by atoms with Crippen LogP contribution in [0, 0.1) is 18.3 Å². The van der Waals surface area contributed by atoms with Gasteiger partial charge in [0.05, 0.1) is 0 Å². The molecule has 1 amide bonds. The van der Waals surface area contributed by atoms with Gasteiger partial charge in [0, 0.05) is 27.9 Å². The Kier molecular flexibility index (Phi) is 7.05. The summed E-state index contributed by atoms with van der Waals surface area (Å²) in [7, 11) is 0. The van der Waals surface area contributed by atoms with Crippen LogP contribution >= 0.6 is 27.5 Å². The SMILES string of the molecule is Cc1ccc(NC(=O)/C(C#N)=C\NCCc2ccccc2Br)cc1Cl. The molecule has 6 heteroatoms. The lowest BCUT2D eigenvalue weighted by Gasteiger charge is -2.07. The highest BCUT2D eigenvalue weighted by atomic mass is 79.9. The number of rotatable bonds is 6. The number of hydrogen-bond donors (Lipinski definition) is 2. The first-order valence-electron chi connectivity index (χ1n) is 7.66. The highest BCUT2D eigenvalue weighted by Gasteiger charge is 2.10. The Bertz CT molecular complexity index is 843. The van der Waals surface area contributed by atoms with Gasteiger partial charge in [0.2, 0.25) is 0 Å². The molecule has 0 radical (unpaired) electrons. The largest absolute Gasteiger partial charge is 0.389 e. The van der Waals surface area contributed by atoms with E-state index in [1.165, 1.54) is 6.20 Å². The fourth-order valence-electron chi connectivity index (χ4n) is 2.10. The van der Waals surface area contributed by atoms with Gasteiger partial charge in [0.15, 0.2) is 0 Å². The number of nitrogens with one attached hydrogen (secondary N) is 2. The van der Waals surface area contributed by atoms with E-state index < -0.39 is 5.91 Å². The van der Waals surface area contributed by atoms with Gasteiger partial charge in [0.1, 0.15) is 11.6 Å². The van der Waals surface area contributed by atoms with E-state index in [-0.39, 0.29) is 5.57 Å². The van der Waals surface area contributed by atoms with Crippen LogP contribution in [0.5, 0.6) is 0 Å². The topological polar surface area (TPSA) is 64.9 Å². The number of aryl methyl sites for hydroxylation is 1. The fourth-order valence-corrected chi connectivity index (χ4v) is 2.76. The lowest BCUT2D eigenvalue weighted by atomic mass is 10.1. The average Bonchev–Trinajstić information content (AvgIpc) is 2.59. The molecule has 0 unspecified atom stereocenters. The minimum absolute atomic E-state index is 0.00354. The molecule has 2 aromatic carbocycles. The third-order valence-electron chi connectivity index (χ3n) is 3.54. The number of hydrogen-bond acceptors (Lipinski definition) is 3. The maximum atomic E-state index is 12.2. The van der Waals surface area contributed by atoms with E-state index in [2.05, 4.69) is 26.6 Å². The lowest BCUT2D eigenvalue weighted by Crippen LogP contribution is -2.18. The molecule has 0 spiro atoms. The molecule has 0 atom stereocenters. The molecule has 25 heavy (non-hydrogen) atoms. The van der Waals surface area contributed by atoms with Gasteiger partial charge >= 0.3 is 0 Å². The Balaban J connectivity index is 1.92. The molecule has 2 aromatic rings. The quantitative estimate of drug-likeness (QED) is 0.410. The van der Waals surface area contributed by atoms with Gasteiger partial charge < -0.3 is 10.6 Å². The normalized spacial score (nSPS) is 10.9. The number of carbonyl (C=O) groups excluding carboxylic acids is 1. The number of amides is 1. The van der Waals surface area contributed by atoms with Crippen molar-refractivity contribution < 1.29 is 4.79 Å². The van der Waals surface area contributed by atoms with Crippen LogP contribution in [-0.4, -0.2) is 12.5 Å². The summed E-state index contributed by atoms with van der Waals surface area (Å²) in [4.78, 5) is 12.2. The molecular weight excluding hydrogens is 402 g/mol. The van der Waals surface area contributed by atoms with Crippen LogP contribution in [0.4, 0.5) is 5.69 Å². The number of nitriles is 1. The first kappa shape index (κ1) is 19.0. The van der Waals surface area contributed by atoms with Crippen molar-refractivity contribution in [2.24, 2.45) is 0 Å². The minimum Gasteiger partial charge on any atom is -0.389 e. The third kappa shape index (κ3) is 5.63. The highest BCUT2D eigenvalue weighted by Crippen LogP contribution is 2.20. The Hall–Kier alpha value is -2.29. The molecule has 4 nitrogen and oxygen atoms in total. The van der Waals surface area contributed by atoms with Crippen LogP contribution in [0.1, 0.15) is 11.1 Å². The molecular formula is C19H17BrClN3O. The van der Waals surface area contributed by atoms with Crippen molar-refractivity contribution >= 4 is 39.1 Å². The number of carbonyl (C=O) groups is 1. The molecule has 0 aliphatic carbocycles. The van der Waals surface area contributed by atoms with Crippen LogP contribution in [0.3, 0.4) is 0 Å². The zero-order chi connectivity index (χ0) is 18.2. The van der Waals surface area contributed by atoms with E-state index in [1.54, 1.807) is 12.1 Å². The van der Waals surface area contributed by atoms with Crippen LogP contribution in [0.15, 0.2) is 58.7 Å². The summed E-state index contributed by atoms with van der Waals surface area (Å²) < 4.78 is 1.04. The monoisotopic (exact) mass is 417 g/mol. The van der Waals surface area contributed by atoms with Crippen molar-refractivity contribution in [1.82, 2.24) is 5.32 Å². The molecule has 0 aliphatic heterocycles.